The lowest BCUT2D eigenvalue weighted by molar-refractivity contribution is 0.472. The summed E-state index contributed by atoms with van der Waals surface area (Å²) < 4.78 is 48.6. The van der Waals surface area contributed by atoms with Crippen LogP contribution >= 0.6 is 0 Å². The second-order valence-electron chi connectivity index (χ2n) is 3.63. The minimum Gasteiger partial charge on any atom is -0.213 e. The highest BCUT2D eigenvalue weighted by atomic mass is 32.2. The molecule has 1 N–H and O–H groups in total. The van der Waals surface area contributed by atoms with Crippen LogP contribution in [0, 0.1) is 0 Å². The third kappa shape index (κ3) is 3.71. The molecule has 6 nitrogen and oxygen atoms in total. The van der Waals surface area contributed by atoms with Crippen LogP contribution in [0.5, 0.6) is 0 Å². The Morgan fingerprint density at radius 3 is 2.33 bits per heavy atom. The van der Waals surface area contributed by atoms with Crippen LogP contribution < -0.4 is 4.72 Å². The molecule has 15 heavy (non-hydrogen) atoms. The quantitative estimate of drug-likeness (QED) is 0.696. The van der Waals surface area contributed by atoms with E-state index in [-0.39, 0.29) is 18.3 Å². The van der Waals surface area contributed by atoms with E-state index in [1.165, 1.54) is 4.31 Å². The number of sulfonamides is 2. The van der Waals surface area contributed by atoms with Crippen molar-refractivity contribution in [1.82, 2.24) is 9.03 Å². The summed E-state index contributed by atoms with van der Waals surface area (Å²) in [5, 5.41) is 0. The maximum Gasteiger partial charge on any atom is 0.211 e. The molecule has 0 saturated carbocycles. The van der Waals surface area contributed by atoms with E-state index in [9.17, 15) is 16.8 Å². The topological polar surface area (TPSA) is 83.6 Å². The molecular formula is C7H16N2O4S2. The van der Waals surface area contributed by atoms with E-state index in [1.807, 2.05) is 0 Å². The molecule has 0 amide bonds. The second-order valence-corrected chi connectivity index (χ2v) is 7.65. The summed E-state index contributed by atoms with van der Waals surface area (Å²) in [6.07, 6.45) is 1.66. The van der Waals surface area contributed by atoms with Gasteiger partial charge >= 0.3 is 0 Å². The van der Waals surface area contributed by atoms with Crippen LogP contribution in [0.1, 0.15) is 13.3 Å². The molecule has 1 atom stereocenters. The number of rotatable bonds is 4. The predicted octanol–water partition coefficient (Wildman–Crippen LogP) is -1.04. The van der Waals surface area contributed by atoms with Crippen molar-refractivity contribution < 1.29 is 16.8 Å². The zero-order valence-corrected chi connectivity index (χ0v) is 10.4. The Balaban J connectivity index is 2.59. The molecule has 1 heterocycles. The van der Waals surface area contributed by atoms with Gasteiger partial charge in [0, 0.05) is 19.1 Å². The summed E-state index contributed by atoms with van der Waals surface area (Å²) in [6, 6.07) is -0.287. The molecule has 0 aromatic carbocycles. The van der Waals surface area contributed by atoms with Gasteiger partial charge in [-0.25, -0.2) is 25.9 Å². The van der Waals surface area contributed by atoms with Crippen molar-refractivity contribution in [3.05, 3.63) is 0 Å². The Labute approximate surface area is 90.8 Å². The highest BCUT2D eigenvalue weighted by molar-refractivity contribution is 7.89. The van der Waals surface area contributed by atoms with Crippen LogP contribution in [0.4, 0.5) is 0 Å². The largest absolute Gasteiger partial charge is 0.213 e. The van der Waals surface area contributed by atoms with Crippen LogP contribution in [-0.2, 0) is 20.0 Å². The molecule has 0 bridgehead atoms. The van der Waals surface area contributed by atoms with E-state index in [0.717, 1.165) is 6.26 Å². The molecule has 8 heteroatoms. The minimum atomic E-state index is -3.24. The third-order valence-corrected chi connectivity index (χ3v) is 5.07. The monoisotopic (exact) mass is 256 g/mol. The third-order valence-electron chi connectivity index (χ3n) is 2.35. The van der Waals surface area contributed by atoms with Crippen LogP contribution in [-0.4, -0.2) is 52.3 Å². The molecule has 1 fully saturated rings. The van der Waals surface area contributed by atoms with Crippen molar-refractivity contribution in [3.63, 3.8) is 0 Å². The average molecular weight is 256 g/mol. The lowest BCUT2D eigenvalue weighted by Gasteiger charge is -2.14. The zero-order chi connectivity index (χ0) is 11.7. The van der Waals surface area contributed by atoms with Gasteiger partial charge in [-0.3, -0.25) is 0 Å². The molecule has 0 radical (unpaired) electrons. The normalized spacial score (nSPS) is 24.5. The summed E-state index contributed by atoms with van der Waals surface area (Å²) in [6.45, 7) is 2.17. The fourth-order valence-corrected chi connectivity index (χ4v) is 3.22. The van der Waals surface area contributed by atoms with E-state index in [4.69, 9.17) is 0 Å². The first-order valence-corrected chi connectivity index (χ1v) is 8.20. The number of hydrogen-bond acceptors (Lipinski definition) is 4. The summed E-state index contributed by atoms with van der Waals surface area (Å²) in [7, 11) is -6.44. The van der Waals surface area contributed by atoms with Crippen molar-refractivity contribution in [3.8, 4) is 0 Å². The van der Waals surface area contributed by atoms with Gasteiger partial charge in [-0.05, 0) is 13.3 Å². The van der Waals surface area contributed by atoms with E-state index in [1.54, 1.807) is 6.92 Å². The van der Waals surface area contributed by atoms with Gasteiger partial charge in [0.25, 0.3) is 0 Å². The molecule has 1 aliphatic rings. The lowest BCUT2D eigenvalue weighted by Crippen LogP contribution is -2.38. The van der Waals surface area contributed by atoms with Crippen molar-refractivity contribution in [2.24, 2.45) is 0 Å². The summed E-state index contributed by atoms with van der Waals surface area (Å²) in [5.74, 6) is 0.0162. The van der Waals surface area contributed by atoms with Gasteiger partial charge in [0.15, 0.2) is 0 Å². The second kappa shape index (κ2) is 4.36. The van der Waals surface area contributed by atoms with Gasteiger partial charge in [-0.15, -0.1) is 0 Å². The number of nitrogens with one attached hydrogen (secondary N) is 1. The van der Waals surface area contributed by atoms with E-state index in [2.05, 4.69) is 4.72 Å². The molecule has 1 rings (SSSR count). The Morgan fingerprint density at radius 2 is 1.93 bits per heavy atom. The SMILES string of the molecule is CCS(=O)(=O)NC1CCN(S(C)(=O)=O)C1. The van der Waals surface area contributed by atoms with Gasteiger partial charge < -0.3 is 0 Å². The highest BCUT2D eigenvalue weighted by Crippen LogP contribution is 2.13. The van der Waals surface area contributed by atoms with E-state index < -0.39 is 20.0 Å². The predicted molar refractivity (Wildman–Crippen MR) is 57.4 cm³/mol. The zero-order valence-electron chi connectivity index (χ0n) is 8.80. The fourth-order valence-electron chi connectivity index (χ4n) is 1.46. The van der Waals surface area contributed by atoms with E-state index in [0.29, 0.717) is 13.0 Å². The van der Waals surface area contributed by atoms with Crippen LogP contribution in [0.3, 0.4) is 0 Å². The lowest BCUT2D eigenvalue weighted by atomic mass is 10.3. The Kier molecular flexibility index (Phi) is 3.75. The fraction of sp³-hybridized carbons (Fsp3) is 1.00. The van der Waals surface area contributed by atoms with Gasteiger partial charge in [-0.1, -0.05) is 0 Å². The molecule has 1 unspecified atom stereocenters. The smallest absolute Gasteiger partial charge is 0.211 e. The maximum atomic E-state index is 11.2. The molecule has 0 spiro atoms. The summed E-state index contributed by atoms with van der Waals surface area (Å²) in [5.41, 5.74) is 0. The first kappa shape index (κ1) is 12.9. The van der Waals surface area contributed by atoms with Gasteiger partial charge in [0.1, 0.15) is 0 Å². The Hall–Kier alpha value is -0.180. The summed E-state index contributed by atoms with van der Waals surface area (Å²) >= 11 is 0. The maximum absolute atomic E-state index is 11.2. The molecule has 90 valence electrons. The summed E-state index contributed by atoms with van der Waals surface area (Å²) in [4.78, 5) is 0. The highest BCUT2D eigenvalue weighted by Gasteiger charge is 2.30. The van der Waals surface area contributed by atoms with Crippen LogP contribution in [0.15, 0.2) is 0 Å². The molecule has 0 aromatic rings. The van der Waals surface area contributed by atoms with Gasteiger partial charge in [0.2, 0.25) is 20.0 Å². The number of hydrogen-bond donors (Lipinski definition) is 1. The minimum absolute atomic E-state index is 0.0162. The van der Waals surface area contributed by atoms with Crippen molar-refractivity contribution in [1.29, 1.82) is 0 Å². The van der Waals surface area contributed by atoms with Gasteiger partial charge in [0.05, 0.1) is 12.0 Å². The van der Waals surface area contributed by atoms with Crippen LogP contribution in [0.2, 0.25) is 0 Å². The molecule has 1 aliphatic heterocycles. The average Bonchev–Trinajstić information content (AvgIpc) is 2.51. The molecule has 0 aliphatic carbocycles. The van der Waals surface area contributed by atoms with Crippen molar-refractivity contribution >= 4 is 20.0 Å². The first-order chi connectivity index (χ1) is 6.74. The Bertz CT molecular complexity index is 414. The van der Waals surface area contributed by atoms with E-state index >= 15 is 0 Å². The Morgan fingerprint density at radius 1 is 1.33 bits per heavy atom. The van der Waals surface area contributed by atoms with Crippen molar-refractivity contribution in [2.45, 2.75) is 19.4 Å². The number of nitrogens with zero attached hydrogens (tertiary/aromatic N) is 1. The van der Waals surface area contributed by atoms with Crippen molar-refractivity contribution in [2.75, 3.05) is 25.1 Å². The molecular weight excluding hydrogens is 240 g/mol. The van der Waals surface area contributed by atoms with Crippen LogP contribution in [0.25, 0.3) is 0 Å². The molecule has 0 aromatic heterocycles. The first-order valence-electron chi connectivity index (χ1n) is 4.70. The standard InChI is InChI=1S/C7H16N2O4S2/c1-3-15(12,13)8-7-4-5-9(6-7)14(2,10)11/h7-8H,3-6H2,1-2H3. The molecule has 1 saturated heterocycles. The van der Waals surface area contributed by atoms with Gasteiger partial charge in [-0.2, -0.15) is 0 Å².